The van der Waals surface area contributed by atoms with Gasteiger partial charge < -0.3 is 14.9 Å². The summed E-state index contributed by atoms with van der Waals surface area (Å²) in [5.74, 6) is 0.650. The predicted octanol–water partition coefficient (Wildman–Crippen LogP) is 4.08. The summed E-state index contributed by atoms with van der Waals surface area (Å²) < 4.78 is 64.2. The highest BCUT2D eigenvalue weighted by atomic mass is 32.2. The van der Waals surface area contributed by atoms with E-state index in [0.29, 0.717) is 18.1 Å². The number of piperazine rings is 1. The highest BCUT2D eigenvalue weighted by molar-refractivity contribution is 7.98. The Balaban J connectivity index is 0.000000287. The van der Waals surface area contributed by atoms with Crippen LogP contribution in [0.3, 0.4) is 0 Å². The molecular formula is C23H32F3N3O3S3. The van der Waals surface area contributed by atoms with Crippen molar-refractivity contribution in [3.8, 4) is 0 Å². The Kier molecular flexibility index (Phi) is 9.20. The molecule has 0 spiro atoms. The van der Waals surface area contributed by atoms with Crippen LogP contribution >= 0.6 is 23.3 Å². The first-order valence-corrected chi connectivity index (χ1v) is 14.8. The Hall–Kier alpha value is -1.31. The van der Waals surface area contributed by atoms with Crippen LogP contribution in [0.25, 0.3) is 0 Å². The average Bonchev–Trinajstić information content (AvgIpc) is 3.30. The van der Waals surface area contributed by atoms with Gasteiger partial charge in [-0.2, -0.15) is 13.2 Å². The van der Waals surface area contributed by atoms with E-state index in [9.17, 15) is 26.7 Å². The number of halogens is 3. The fourth-order valence-corrected chi connectivity index (χ4v) is 7.29. The monoisotopic (exact) mass is 551 g/mol. The zero-order chi connectivity index (χ0) is 25.9. The topological polar surface area (TPSA) is 64.1 Å². The Morgan fingerprint density at radius 1 is 1.06 bits per heavy atom. The smallest absolute Gasteiger partial charge is 0.376 e. The van der Waals surface area contributed by atoms with E-state index in [1.165, 1.54) is 16.3 Å². The molecule has 1 aromatic carbocycles. The Bertz CT molecular complexity index is 1040. The second kappa shape index (κ2) is 11.4. The molecule has 0 bridgehead atoms. The molecule has 2 fully saturated rings. The third-order valence-electron chi connectivity index (χ3n) is 6.30. The van der Waals surface area contributed by atoms with E-state index in [-0.39, 0.29) is 11.6 Å². The van der Waals surface area contributed by atoms with Gasteiger partial charge in [-0.25, -0.2) is 12.7 Å². The maximum absolute atomic E-state index is 12.9. The van der Waals surface area contributed by atoms with E-state index in [0.717, 1.165) is 38.8 Å². The number of hydrogen-bond acceptors (Lipinski definition) is 8. The highest BCUT2D eigenvalue weighted by Gasteiger charge is 2.51. The molecule has 1 aromatic heterocycles. The molecule has 0 radical (unpaired) electrons. The van der Waals surface area contributed by atoms with Crippen LogP contribution in [0.2, 0.25) is 0 Å². The standard InChI is InChI=1S/C17H19F3N2OS2.C6H13NO2S/c1-16(23,17(18,19)20)13-4-6-14(7-5-13)21-8-10-22(11-9-21)25-15-3-2-12-24-15;1-6-5-10(8,9)4-3-7(6)2/h2-7,12,23H,8-11H2,1H3;6H,3-5H2,1-2H3. The third-order valence-corrected chi connectivity index (χ3v) is 10.2. The molecule has 2 aliphatic heterocycles. The van der Waals surface area contributed by atoms with E-state index < -0.39 is 21.6 Å². The van der Waals surface area contributed by atoms with Gasteiger partial charge in [-0.3, -0.25) is 0 Å². The molecular weight excluding hydrogens is 519 g/mol. The Labute approximate surface area is 213 Å². The number of anilines is 1. The van der Waals surface area contributed by atoms with Gasteiger partial charge in [-0.1, -0.05) is 18.2 Å². The van der Waals surface area contributed by atoms with Crippen molar-refractivity contribution in [2.24, 2.45) is 0 Å². The van der Waals surface area contributed by atoms with E-state index in [2.05, 4.69) is 25.6 Å². The molecule has 0 saturated carbocycles. The van der Waals surface area contributed by atoms with Crippen LogP contribution < -0.4 is 4.90 Å². The fourth-order valence-electron chi connectivity index (χ4n) is 3.72. The predicted molar refractivity (Wildman–Crippen MR) is 137 cm³/mol. The van der Waals surface area contributed by atoms with Crippen molar-refractivity contribution in [2.75, 3.05) is 56.2 Å². The van der Waals surface area contributed by atoms with Crippen molar-refractivity contribution in [3.05, 3.63) is 47.3 Å². The van der Waals surface area contributed by atoms with Crippen LogP contribution in [0, 0.1) is 0 Å². The lowest BCUT2D eigenvalue weighted by Gasteiger charge is -2.35. The first kappa shape index (κ1) is 28.3. The first-order valence-electron chi connectivity index (χ1n) is 11.3. The van der Waals surface area contributed by atoms with E-state index >= 15 is 0 Å². The number of nitrogens with zero attached hydrogens (tertiary/aromatic N) is 3. The normalized spacial score (nSPS) is 23.3. The molecule has 2 aliphatic rings. The largest absolute Gasteiger partial charge is 0.421 e. The number of sulfone groups is 1. The van der Waals surface area contributed by atoms with Gasteiger partial charge in [0.1, 0.15) is 0 Å². The summed E-state index contributed by atoms with van der Waals surface area (Å²) in [5.41, 5.74) is -2.10. The van der Waals surface area contributed by atoms with E-state index in [1.54, 1.807) is 35.4 Å². The summed E-state index contributed by atoms with van der Waals surface area (Å²) in [4.78, 5) is 4.22. The van der Waals surface area contributed by atoms with Gasteiger partial charge in [0.05, 0.1) is 15.7 Å². The Morgan fingerprint density at radius 3 is 2.17 bits per heavy atom. The minimum atomic E-state index is -4.70. The van der Waals surface area contributed by atoms with Crippen LogP contribution in [0.4, 0.5) is 18.9 Å². The molecule has 4 rings (SSSR count). The van der Waals surface area contributed by atoms with Crippen molar-refractivity contribution in [1.82, 2.24) is 9.21 Å². The maximum Gasteiger partial charge on any atom is 0.421 e. The second-order valence-corrected chi connectivity index (χ2v) is 13.6. The van der Waals surface area contributed by atoms with Crippen LogP contribution in [0.5, 0.6) is 0 Å². The molecule has 2 saturated heterocycles. The van der Waals surface area contributed by atoms with Gasteiger partial charge in [0, 0.05) is 44.5 Å². The SMILES string of the molecule is CC(O)(c1ccc(N2CCN(Sc3cccs3)CC2)cc1)C(F)(F)F.CC1CS(=O)(=O)CCN1C. The number of alkyl halides is 3. The highest BCUT2D eigenvalue weighted by Crippen LogP contribution is 2.39. The second-order valence-electron chi connectivity index (χ2n) is 9.00. The minimum absolute atomic E-state index is 0.143. The molecule has 0 amide bonds. The molecule has 2 aromatic rings. The van der Waals surface area contributed by atoms with Crippen LogP contribution in [0.15, 0.2) is 46.0 Å². The fraction of sp³-hybridized carbons (Fsp3) is 0.565. The lowest BCUT2D eigenvalue weighted by atomic mass is 9.95. The van der Waals surface area contributed by atoms with E-state index in [1.807, 2.05) is 20.0 Å². The van der Waals surface area contributed by atoms with Crippen LogP contribution in [-0.4, -0.2) is 86.2 Å². The van der Waals surface area contributed by atoms with Crippen molar-refractivity contribution < 1.29 is 26.7 Å². The van der Waals surface area contributed by atoms with Gasteiger partial charge in [0.15, 0.2) is 15.4 Å². The summed E-state index contributed by atoms with van der Waals surface area (Å²) in [6.45, 7) is 6.79. The quantitative estimate of drug-likeness (QED) is 0.575. The van der Waals surface area contributed by atoms with Gasteiger partial charge >= 0.3 is 6.18 Å². The molecule has 196 valence electrons. The lowest BCUT2D eigenvalue weighted by molar-refractivity contribution is -0.258. The zero-order valence-corrected chi connectivity index (χ0v) is 22.5. The maximum atomic E-state index is 12.9. The minimum Gasteiger partial charge on any atom is -0.376 e. The molecule has 35 heavy (non-hydrogen) atoms. The lowest BCUT2D eigenvalue weighted by Crippen LogP contribution is -2.44. The molecule has 1 N–H and O–H groups in total. The summed E-state index contributed by atoms with van der Waals surface area (Å²) in [5, 5.41) is 11.8. The van der Waals surface area contributed by atoms with Gasteiger partial charge in [0.2, 0.25) is 0 Å². The van der Waals surface area contributed by atoms with Gasteiger partial charge in [-0.05, 0) is 62.0 Å². The number of rotatable bonds is 4. The summed E-state index contributed by atoms with van der Waals surface area (Å²) in [6.07, 6.45) is -4.70. The van der Waals surface area contributed by atoms with Crippen LogP contribution in [-0.2, 0) is 15.4 Å². The summed E-state index contributed by atoms with van der Waals surface area (Å²) in [6, 6.07) is 10.3. The molecule has 2 atom stereocenters. The average molecular weight is 552 g/mol. The zero-order valence-electron chi connectivity index (χ0n) is 20.0. The molecule has 2 unspecified atom stereocenters. The molecule has 12 heteroatoms. The Morgan fingerprint density at radius 2 is 1.69 bits per heavy atom. The van der Waals surface area contributed by atoms with Gasteiger partial charge in [0.25, 0.3) is 0 Å². The molecule has 3 heterocycles. The molecule has 6 nitrogen and oxygen atoms in total. The van der Waals surface area contributed by atoms with Crippen LogP contribution in [0.1, 0.15) is 19.4 Å². The number of aliphatic hydroxyl groups is 1. The number of hydrogen-bond donors (Lipinski definition) is 1. The third kappa shape index (κ3) is 7.59. The number of benzene rings is 1. The summed E-state index contributed by atoms with van der Waals surface area (Å²) >= 11 is 3.46. The molecule has 0 aliphatic carbocycles. The first-order chi connectivity index (χ1) is 16.3. The van der Waals surface area contributed by atoms with Crippen molar-refractivity contribution in [2.45, 2.75) is 35.9 Å². The van der Waals surface area contributed by atoms with E-state index in [4.69, 9.17) is 0 Å². The number of thiophene rings is 1. The van der Waals surface area contributed by atoms with Crippen molar-refractivity contribution in [1.29, 1.82) is 0 Å². The van der Waals surface area contributed by atoms with Gasteiger partial charge in [-0.15, -0.1) is 11.3 Å². The summed E-state index contributed by atoms with van der Waals surface area (Å²) in [7, 11) is -0.749. The van der Waals surface area contributed by atoms with Crippen molar-refractivity contribution >= 4 is 38.8 Å². The van der Waals surface area contributed by atoms with Crippen molar-refractivity contribution in [3.63, 3.8) is 0 Å².